The molecule has 3 aromatic heterocycles. The first-order chi connectivity index (χ1) is 14.5. The van der Waals surface area contributed by atoms with Gasteiger partial charge in [0.15, 0.2) is 0 Å². The lowest BCUT2D eigenvalue weighted by Crippen LogP contribution is -2.36. The number of nitrogens with zero attached hydrogens (tertiary/aromatic N) is 5. The first-order valence-electron chi connectivity index (χ1n) is 9.50. The second kappa shape index (κ2) is 8.24. The van der Waals surface area contributed by atoms with E-state index in [1.807, 2.05) is 19.9 Å². The maximum Gasteiger partial charge on any atom is 0.261 e. The van der Waals surface area contributed by atoms with Crippen molar-refractivity contribution in [1.29, 1.82) is 0 Å². The molecule has 0 bridgehead atoms. The van der Waals surface area contributed by atoms with E-state index in [0.29, 0.717) is 22.6 Å². The van der Waals surface area contributed by atoms with Crippen molar-refractivity contribution in [2.24, 2.45) is 5.92 Å². The minimum atomic E-state index is -0.496. The van der Waals surface area contributed by atoms with Crippen molar-refractivity contribution >= 4 is 16.8 Å². The molecule has 0 radical (unpaired) electrons. The largest absolute Gasteiger partial charge is 0.342 e. The third-order valence-electron chi connectivity index (χ3n) is 4.67. The van der Waals surface area contributed by atoms with Crippen LogP contribution in [0.15, 0.2) is 64.4 Å². The molecule has 0 saturated carbocycles. The van der Waals surface area contributed by atoms with Gasteiger partial charge >= 0.3 is 0 Å². The fourth-order valence-electron chi connectivity index (χ4n) is 3.09. The number of fused-ring (bicyclic) bond motifs is 1. The maximum atomic E-state index is 12.7. The number of rotatable bonds is 6. The van der Waals surface area contributed by atoms with Gasteiger partial charge in [-0.1, -0.05) is 31.1 Å². The van der Waals surface area contributed by atoms with Crippen LogP contribution in [0.4, 0.5) is 0 Å². The number of hydrogen-bond acceptors (Lipinski definition) is 7. The smallest absolute Gasteiger partial charge is 0.261 e. The minimum Gasteiger partial charge on any atom is -0.342 e. The monoisotopic (exact) mass is 404 g/mol. The van der Waals surface area contributed by atoms with Crippen LogP contribution in [0.2, 0.25) is 0 Å². The number of para-hydroxylation sites is 1. The van der Waals surface area contributed by atoms with Crippen LogP contribution < -0.4 is 10.9 Å². The summed E-state index contributed by atoms with van der Waals surface area (Å²) in [6.07, 6.45) is 4.66. The van der Waals surface area contributed by atoms with Gasteiger partial charge in [0.05, 0.1) is 17.2 Å². The molecule has 1 aromatic carbocycles. The van der Waals surface area contributed by atoms with Crippen molar-refractivity contribution in [3.05, 3.63) is 71.4 Å². The average Bonchev–Trinajstić information content (AvgIpc) is 3.24. The van der Waals surface area contributed by atoms with Gasteiger partial charge in [0.2, 0.25) is 17.6 Å². The van der Waals surface area contributed by atoms with Gasteiger partial charge in [0, 0.05) is 18.0 Å². The summed E-state index contributed by atoms with van der Waals surface area (Å²) in [4.78, 5) is 37.9. The lowest BCUT2D eigenvalue weighted by Gasteiger charge is -2.18. The van der Waals surface area contributed by atoms with E-state index in [2.05, 4.69) is 25.4 Å². The molecule has 9 heteroatoms. The van der Waals surface area contributed by atoms with Gasteiger partial charge in [-0.2, -0.15) is 4.98 Å². The van der Waals surface area contributed by atoms with Crippen LogP contribution in [-0.4, -0.2) is 30.6 Å². The summed E-state index contributed by atoms with van der Waals surface area (Å²) in [5.74, 6) is 0.360. The molecule has 0 aliphatic heterocycles. The van der Waals surface area contributed by atoms with E-state index >= 15 is 0 Å². The lowest BCUT2D eigenvalue weighted by molar-refractivity contribution is -0.123. The van der Waals surface area contributed by atoms with Crippen LogP contribution >= 0.6 is 0 Å². The number of carbonyl (C=O) groups excluding carboxylic acids is 1. The molecule has 4 rings (SSSR count). The fourth-order valence-corrected chi connectivity index (χ4v) is 3.09. The second-order valence-electron chi connectivity index (χ2n) is 7.18. The fraction of sp³-hybridized carbons (Fsp3) is 0.238. The lowest BCUT2D eigenvalue weighted by atomic mass is 10.0. The molecule has 1 amide bonds. The quantitative estimate of drug-likeness (QED) is 0.524. The molecular formula is C21H20N6O3. The predicted molar refractivity (Wildman–Crippen MR) is 109 cm³/mol. The summed E-state index contributed by atoms with van der Waals surface area (Å²) in [7, 11) is 0. The number of nitrogens with one attached hydrogen (secondary N) is 1. The molecule has 0 aliphatic carbocycles. The Hall–Kier alpha value is -3.88. The minimum absolute atomic E-state index is 0.00820. The Labute approximate surface area is 171 Å². The summed E-state index contributed by atoms with van der Waals surface area (Å²) in [5.41, 5.74) is 1.09. The third-order valence-corrected chi connectivity index (χ3v) is 4.67. The SMILES string of the molecule is CC(C)C(NC(=O)Cn1cnc2ccccc2c1=O)c1nc(-c2ccncc2)no1. The zero-order valence-electron chi connectivity index (χ0n) is 16.5. The van der Waals surface area contributed by atoms with Gasteiger partial charge in [-0.3, -0.25) is 19.1 Å². The molecule has 4 aromatic rings. The number of benzene rings is 1. The molecule has 1 N–H and O–H groups in total. The van der Waals surface area contributed by atoms with Crippen molar-refractivity contribution in [3.8, 4) is 11.4 Å². The van der Waals surface area contributed by atoms with Crippen LogP contribution in [0.25, 0.3) is 22.3 Å². The Morgan fingerprint density at radius 3 is 2.70 bits per heavy atom. The maximum absolute atomic E-state index is 12.7. The highest BCUT2D eigenvalue weighted by molar-refractivity contribution is 5.79. The van der Waals surface area contributed by atoms with E-state index in [-0.39, 0.29) is 23.9 Å². The number of hydrogen-bond donors (Lipinski definition) is 1. The van der Waals surface area contributed by atoms with Crippen LogP contribution in [0.1, 0.15) is 25.8 Å². The van der Waals surface area contributed by atoms with Crippen molar-refractivity contribution < 1.29 is 9.32 Å². The molecule has 30 heavy (non-hydrogen) atoms. The van der Waals surface area contributed by atoms with E-state index in [0.717, 1.165) is 5.56 Å². The van der Waals surface area contributed by atoms with Crippen LogP contribution in [0.3, 0.4) is 0 Å². The molecular weight excluding hydrogens is 384 g/mol. The molecule has 0 spiro atoms. The molecule has 3 heterocycles. The average molecular weight is 404 g/mol. The topological polar surface area (TPSA) is 116 Å². The summed E-state index contributed by atoms with van der Waals surface area (Å²) in [6, 6.07) is 10.1. The van der Waals surface area contributed by atoms with Gasteiger partial charge in [-0.25, -0.2) is 4.98 Å². The first-order valence-corrected chi connectivity index (χ1v) is 9.50. The van der Waals surface area contributed by atoms with Crippen LogP contribution in [-0.2, 0) is 11.3 Å². The van der Waals surface area contributed by atoms with E-state index < -0.39 is 6.04 Å². The van der Waals surface area contributed by atoms with E-state index in [1.165, 1.54) is 10.9 Å². The molecule has 1 atom stereocenters. The molecule has 0 aliphatic rings. The Balaban J connectivity index is 1.53. The summed E-state index contributed by atoms with van der Waals surface area (Å²) in [6.45, 7) is 3.71. The molecule has 9 nitrogen and oxygen atoms in total. The summed E-state index contributed by atoms with van der Waals surface area (Å²) >= 11 is 0. The first kappa shape index (κ1) is 19.4. The Morgan fingerprint density at radius 1 is 1.17 bits per heavy atom. The zero-order valence-corrected chi connectivity index (χ0v) is 16.5. The number of pyridine rings is 1. The standard InChI is InChI=1S/C21H20N6O3/c1-13(2)18(20-25-19(26-30-20)14-7-9-22-10-8-14)24-17(28)11-27-12-23-16-6-4-3-5-15(16)21(27)29/h3-10,12-13,18H,11H2,1-2H3,(H,24,28). The van der Waals surface area contributed by atoms with Crippen LogP contribution in [0, 0.1) is 5.92 Å². The molecule has 0 saturated heterocycles. The van der Waals surface area contributed by atoms with Gasteiger partial charge in [-0.15, -0.1) is 0 Å². The van der Waals surface area contributed by atoms with Crippen molar-refractivity contribution in [2.45, 2.75) is 26.4 Å². The predicted octanol–water partition coefficient (Wildman–Crippen LogP) is 2.36. The summed E-state index contributed by atoms with van der Waals surface area (Å²) < 4.78 is 6.68. The van der Waals surface area contributed by atoms with Gasteiger partial charge < -0.3 is 9.84 Å². The normalized spacial score (nSPS) is 12.2. The Morgan fingerprint density at radius 2 is 1.93 bits per heavy atom. The highest BCUT2D eigenvalue weighted by atomic mass is 16.5. The van der Waals surface area contributed by atoms with Crippen molar-refractivity contribution in [1.82, 2.24) is 30.0 Å². The van der Waals surface area contributed by atoms with Gasteiger partial charge in [0.1, 0.15) is 12.6 Å². The zero-order chi connectivity index (χ0) is 21.1. The molecule has 152 valence electrons. The summed E-state index contributed by atoms with van der Waals surface area (Å²) in [5, 5.41) is 7.35. The highest BCUT2D eigenvalue weighted by Gasteiger charge is 2.25. The van der Waals surface area contributed by atoms with Gasteiger partial charge in [-0.05, 0) is 30.2 Å². The Kier molecular flexibility index (Phi) is 5.34. The number of carbonyl (C=O) groups is 1. The molecule has 1 unspecified atom stereocenters. The van der Waals surface area contributed by atoms with E-state index in [4.69, 9.17) is 4.52 Å². The van der Waals surface area contributed by atoms with Crippen molar-refractivity contribution in [3.63, 3.8) is 0 Å². The highest BCUT2D eigenvalue weighted by Crippen LogP contribution is 2.23. The third kappa shape index (κ3) is 3.95. The van der Waals surface area contributed by atoms with E-state index in [9.17, 15) is 9.59 Å². The van der Waals surface area contributed by atoms with Crippen LogP contribution in [0.5, 0.6) is 0 Å². The number of amides is 1. The second-order valence-corrected chi connectivity index (χ2v) is 7.18. The van der Waals surface area contributed by atoms with E-state index in [1.54, 1.807) is 42.7 Å². The number of aromatic nitrogens is 5. The molecule has 0 fully saturated rings. The van der Waals surface area contributed by atoms with Crippen molar-refractivity contribution in [2.75, 3.05) is 0 Å². The Bertz CT molecular complexity index is 1230. The van der Waals surface area contributed by atoms with Gasteiger partial charge in [0.25, 0.3) is 5.56 Å².